The van der Waals surface area contributed by atoms with Gasteiger partial charge < -0.3 is 14.5 Å². The second-order valence-corrected chi connectivity index (χ2v) is 10.3. The van der Waals surface area contributed by atoms with E-state index in [0.717, 1.165) is 69.6 Å². The third-order valence-electron chi connectivity index (χ3n) is 7.68. The summed E-state index contributed by atoms with van der Waals surface area (Å²) in [7, 11) is 1.62. The number of ether oxygens (including phenoxy) is 2. The Morgan fingerprint density at radius 1 is 0.902 bits per heavy atom. The van der Waals surface area contributed by atoms with Gasteiger partial charge in [-0.15, -0.1) is 0 Å². The molecule has 0 atom stereocenters. The fourth-order valence-electron chi connectivity index (χ4n) is 5.59. The third kappa shape index (κ3) is 5.00. The SMILES string of the molecule is COc1cncc(-c2cnc3[nH]nc(-c4cc5c(-c6cc(F)cc(OCCN7CCCC7)c6)cccc5[nH]4)c3c2)c1. The van der Waals surface area contributed by atoms with Crippen LogP contribution in [0.15, 0.2) is 73.2 Å². The lowest BCUT2D eigenvalue weighted by atomic mass is 10.0. The van der Waals surface area contributed by atoms with Gasteiger partial charge in [0.1, 0.15) is 29.6 Å². The minimum Gasteiger partial charge on any atom is -0.495 e. The Bertz CT molecular complexity index is 1860. The number of fused-ring (bicyclic) bond motifs is 2. The molecule has 41 heavy (non-hydrogen) atoms. The number of nitrogens with zero attached hydrogens (tertiary/aromatic N) is 4. The first-order chi connectivity index (χ1) is 20.1. The largest absolute Gasteiger partial charge is 0.495 e. The zero-order valence-corrected chi connectivity index (χ0v) is 22.7. The number of H-pyrrole nitrogens is 2. The highest BCUT2D eigenvalue weighted by molar-refractivity contribution is 6.01. The fraction of sp³-hybridized carbons (Fsp3) is 0.219. The number of halogens is 1. The van der Waals surface area contributed by atoms with Gasteiger partial charge in [-0.05, 0) is 73.5 Å². The molecule has 2 aromatic carbocycles. The van der Waals surface area contributed by atoms with Crippen LogP contribution in [-0.4, -0.2) is 63.4 Å². The smallest absolute Gasteiger partial charge is 0.155 e. The van der Waals surface area contributed by atoms with Crippen LogP contribution in [0, 0.1) is 5.82 Å². The van der Waals surface area contributed by atoms with Gasteiger partial charge in [-0.3, -0.25) is 15.0 Å². The number of pyridine rings is 2. The Morgan fingerprint density at radius 2 is 1.76 bits per heavy atom. The van der Waals surface area contributed by atoms with Crippen molar-refractivity contribution in [3.05, 3.63) is 79.0 Å². The van der Waals surface area contributed by atoms with E-state index in [-0.39, 0.29) is 5.82 Å². The standard InChI is InChI=1S/C32H29FN6O2/c1-40-25-13-21(17-34-19-25)22-14-28-31(37-38-32(28)35-18-22)30-16-27-26(5-4-6-29(27)36-30)20-11-23(33)15-24(12-20)41-10-9-39-7-2-3-8-39/h4-6,11-19,36H,2-3,7-10H2,1H3,(H,35,37,38). The molecular weight excluding hydrogens is 519 g/mol. The van der Waals surface area contributed by atoms with Gasteiger partial charge in [-0.25, -0.2) is 9.37 Å². The van der Waals surface area contributed by atoms with E-state index < -0.39 is 0 Å². The van der Waals surface area contributed by atoms with Gasteiger partial charge in [0.25, 0.3) is 0 Å². The zero-order chi connectivity index (χ0) is 27.8. The molecule has 1 saturated heterocycles. The van der Waals surface area contributed by atoms with Crippen molar-refractivity contribution in [3.63, 3.8) is 0 Å². The van der Waals surface area contributed by atoms with Gasteiger partial charge in [-0.2, -0.15) is 5.10 Å². The van der Waals surface area contributed by atoms with Crippen molar-refractivity contribution in [1.82, 2.24) is 30.0 Å². The van der Waals surface area contributed by atoms with Gasteiger partial charge in [0.2, 0.25) is 0 Å². The summed E-state index contributed by atoms with van der Waals surface area (Å²) < 4.78 is 26.1. The minimum absolute atomic E-state index is 0.324. The lowest BCUT2D eigenvalue weighted by Crippen LogP contribution is -2.25. The van der Waals surface area contributed by atoms with E-state index >= 15 is 0 Å². The molecule has 1 fully saturated rings. The molecule has 9 heteroatoms. The molecule has 0 unspecified atom stereocenters. The first kappa shape index (κ1) is 25.2. The Balaban J connectivity index is 1.23. The van der Waals surface area contributed by atoms with E-state index in [1.54, 1.807) is 31.8 Å². The molecule has 7 rings (SSSR count). The molecule has 0 amide bonds. The van der Waals surface area contributed by atoms with Crippen molar-refractivity contribution in [1.29, 1.82) is 0 Å². The van der Waals surface area contributed by atoms with E-state index in [9.17, 15) is 4.39 Å². The number of likely N-dealkylation sites (tertiary alicyclic amines) is 1. The van der Waals surface area contributed by atoms with Crippen molar-refractivity contribution in [2.75, 3.05) is 33.4 Å². The Labute approximate surface area is 236 Å². The summed E-state index contributed by atoms with van der Waals surface area (Å²) in [5, 5.41) is 9.46. The highest BCUT2D eigenvalue weighted by Gasteiger charge is 2.16. The number of aromatic nitrogens is 5. The molecule has 206 valence electrons. The number of hydrogen-bond acceptors (Lipinski definition) is 6. The Morgan fingerprint density at radius 3 is 2.63 bits per heavy atom. The molecule has 0 aliphatic carbocycles. The van der Waals surface area contributed by atoms with E-state index in [0.29, 0.717) is 23.8 Å². The summed E-state index contributed by atoms with van der Waals surface area (Å²) in [5.41, 5.74) is 6.66. The molecule has 1 aliphatic heterocycles. The summed E-state index contributed by atoms with van der Waals surface area (Å²) in [6.07, 6.45) is 7.71. The van der Waals surface area contributed by atoms with Crippen molar-refractivity contribution in [3.8, 4) is 45.1 Å². The molecule has 8 nitrogen and oxygen atoms in total. The van der Waals surface area contributed by atoms with Crippen LogP contribution < -0.4 is 9.47 Å². The lowest BCUT2D eigenvalue weighted by molar-refractivity contribution is 0.237. The number of methoxy groups -OCH3 is 1. The van der Waals surface area contributed by atoms with Crippen LogP contribution in [0.25, 0.3) is 55.6 Å². The molecule has 1 aliphatic rings. The van der Waals surface area contributed by atoms with Gasteiger partial charge in [0.15, 0.2) is 5.65 Å². The molecule has 6 aromatic rings. The summed E-state index contributed by atoms with van der Waals surface area (Å²) in [6, 6.07) is 16.9. The predicted molar refractivity (Wildman–Crippen MR) is 158 cm³/mol. The van der Waals surface area contributed by atoms with Crippen molar-refractivity contribution < 1.29 is 13.9 Å². The first-order valence-corrected chi connectivity index (χ1v) is 13.8. The summed E-state index contributed by atoms with van der Waals surface area (Å²) in [6.45, 7) is 3.60. The molecule has 2 N–H and O–H groups in total. The monoisotopic (exact) mass is 548 g/mol. The number of hydrogen-bond donors (Lipinski definition) is 2. The normalized spacial score (nSPS) is 13.8. The van der Waals surface area contributed by atoms with Crippen LogP contribution >= 0.6 is 0 Å². The Kier molecular flexibility index (Phi) is 6.56. The van der Waals surface area contributed by atoms with Crippen molar-refractivity contribution in [2.24, 2.45) is 0 Å². The molecule has 0 spiro atoms. The van der Waals surface area contributed by atoms with Gasteiger partial charge >= 0.3 is 0 Å². The summed E-state index contributed by atoms with van der Waals surface area (Å²) in [4.78, 5) is 14.7. The van der Waals surface area contributed by atoms with Crippen LogP contribution in [0.2, 0.25) is 0 Å². The van der Waals surface area contributed by atoms with Gasteiger partial charge in [-0.1, -0.05) is 12.1 Å². The van der Waals surface area contributed by atoms with E-state index in [1.807, 2.05) is 36.4 Å². The van der Waals surface area contributed by atoms with E-state index in [4.69, 9.17) is 9.47 Å². The minimum atomic E-state index is -0.324. The average Bonchev–Trinajstić information content (AvgIpc) is 3.76. The zero-order valence-electron chi connectivity index (χ0n) is 22.7. The van der Waals surface area contributed by atoms with Crippen molar-refractivity contribution >= 4 is 21.9 Å². The maximum atomic E-state index is 14.7. The number of rotatable bonds is 8. The molecule has 4 aromatic heterocycles. The Hall–Kier alpha value is -4.76. The van der Waals surface area contributed by atoms with Crippen LogP contribution in [-0.2, 0) is 0 Å². The van der Waals surface area contributed by atoms with Gasteiger partial charge in [0.05, 0.1) is 19.0 Å². The predicted octanol–water partition coefficient (Wildman–Crippen LogP) is 6.46. The van der Waals surface area contributed by atoms with E-state index in [1.165, 1.54) is 18.9 Å². The van der Waals surface area contributed by atoms with Crippen LogP contribution in [0.1, 0.15) is 12.8 Å². The number of nitrogens with one attached hydrogen (secondary N) is 2. The summed E-state index contributed by atoms with van der Waals surface area (Å²) >= 11 is 0. The quantitative estimate of drug-likeness (QED) is 0.227. The lowest BCUT2D eigenvalue weighted by Gasteiger charge is -2.15. The molecule has 0 saturated carbocycles. The molecular formula is C32H29FN6O2. The second-order valence-electron chi connectivity index (χ2n) is 10.3. The van der Waals surface area contributed by atoms with Crippen molar-refractivity contribution in [2.45, 2.75) is 12.8 Å². The average molecular weight is 549 g/mol. The summed E-state index contributed by atoms with van der Waals surface area (Å²) in [5.74, 6) is 0.891. The third-order valence-corrected chi connectivity index (χ3v) is 7.68. The molecule has 0 bridgehead atoms. The maximum Gasteiger partial charge on any atom is 0.155 e. The molecule has 0 radical (unpaired) electrons. The fourth-order valence-corrected chi connectivity index (χ4v) is 5.59. The number of benzene rings is 2. The van der Waals surface area contributed by atoms with Crippen LogP contribution in [0.3, 0.4) is 0 Å². The van der Waals surface area contributed by atoms with Gasteiger partial charge in [0, 0.05) is 52.4 Å². The second kappa shape index (κ2) is 10.7. The van der Waals surface area contributed by atoms with E-state index in [2.05, 4.69) is 36.1 Å². The first-order valence-electron chi connectivity index (χ1n) is 13.8. The highest BCUT2D eigenvalue weighted by atomic mass is 19.1. The molecule has 5 heterocycles. The van der Waals surface area contributed by atoms with Crippen LogP contribution in [0.5, 0.6) is 11.5 Å². The van der Waals surface area contributed by atoms with Crippen LogP contribution in [0.4, 0.5) is 4.39 Å². The maximum absolute atomic E-state index is 14.7. The topological polar surface area (TPSA) is 91.9 Å². The highest BCUT2D eigenvalue weighted by Crippen LogP contribution is 2.36. The number of aromatic amines is 2.